The molecule has 5 nitrogen and oxygen atoms in total. The molecule has 26 heavy (non-hydrogen) atoms. The van der Waals surface area contributed by atoms with E-state index in [2.05, 4.69) is 48.9 Å². The normalized spacial score (nSPS) is 24.3. The fourth-order valence-corrected chi connectivity index (χ4v) is 5.44. The van der Waals surface area contributed by atoms with E-state index in [0.29, 0.717) is 17.6 Å². The predicted octanol–water partition coefficient (Wildman–Crippen LogP) is 3.78. The smallest absolute Gasteiger partial charge is 0.315 e. The number of carbonyl (C=O) groups is 2. The number of fused-ring (bicyclic) bond motifs is 1. The number of urea groups is 1. The van der Waals surface area contributed by atoms with Crippen molar-refractivity contribution in [1.82, 2.24) is 10.6 Å². The summed E-state index contributed by atoms with van der Waals surface area (Å²) in [5.41, 5.74) is 3.42. The minimum atomic E-state index is -0.0385. The molecule has 0 aliphatic carbocycles. The zero-order chi connectivity index (χ0) is 18.7. The highest BCUT2D eigenvalue weighted by molar-refractivity contribution is 8.00. The molecule has 1 aromatic carbocycles. The number of thioether (sulfide) groups is 1. The van der Waals surface area contributed by atoms with Crippen LogP contribution in [0.1, 0.15) is 56.6 Å². The van der Waals surface area contributed by atoms with Crippen LogP contribution in [0.25, 0.3) is 0 Å². The Bertz CT molecular complexity index is 677. The molecule has 2 fully saturated rings. The van der Waals surface area contributed by atoms with Gasteiger partial charge in [-0.1, -0.05) is 26.3 Å². The van der Waals surface area contributed by atoms with Crippen molar-refractivity contribution < 1.29 is 9.59 Å². The van der Waals surface area contributed by atoms with E-state index in [1.807, 2.05) is 17.8 Å². The van der Waals surface area contributed by atoms with Gasteiger partial charge in [0.1, 0.15) is 0 Å². The largest absolute Gasteiger partial charge is 0.332 e. The van der Waals surface area contributed by atoms with Gasteiger partial charge in [-0.05, 0) is 48.9 Å². The summed E-state index contributed by atoms with van der Waals surface area (Å²) in [6.07, 6.45) is 3.48. The molecule has 0 aromatic heterocycles. The van der Waals surface area contributed by atoms with E-state index < -0.39 is 0 Å². The van der Waals surface area contributed by atoms with Crippen molar-refractivity contribution >= 4 is 29.4 Å². The molecule has 0 bridgehead atoms. The zero-order valence-electron chi connectivity index (χ0n) is 15.8. The summed E-state index contributed by atoms with van der Waals surface area (Å²) in [6.45, 7) is 6.45. The van der Waals surface area contributed by atoms with Gasteiger partial charge in [0.25, 0.3) is 0 Å². The van der Waals surface area contributed by atoms with Gasteiger partial charge in [0.05, 0.1) is 12.1 Å². The fraction of sp³-hybridized carbons (Fsp3) is 0.600. The number of carbonyl (C=O) groups excluding carboxylic acids is 2. The van der Waals surface area contributed by atoms with Gasteiger partial charge < -0.3 is 16.0 Å². The van der Waals surface area contributed by atoms with Gasteiger partial charge in [-0.3, -0.25) is 4.79 Å². The first-order valence-electron chi connectivity index (χ1n) is 9.53. The van der Waals surface area contributed by atoms with Crippen molar-refractivity contribution in [3.8, 4) is 0 Å². The van der Waals surface area contributed by atoms with Gasteiger partial charge in [-0.2, -0.15) is 11.8 Å². The fourth-order valence-electron chi connectivity index (χ4n) is 3.90. The third-order valence-electron chi connectivity index (χ3n) is 5.26. The molecular formula is C20H29N3O2S. The Morgan fingerprint density at radius 2 is 2.12 bits per heavy atom. The second-order valence-electron chi connectivity index (χ2n) is 7.64. The first kappa shape index (κ1) is 19.1. The Labute approximate surface area is 160 Å². The van der Waals surface area contributed by atoms with E-state index >= 15 is 0 Å². The molecule has 0 radical (unpaired) electrons. The molecule has 2 aliphatic heterocycles. The summed E-state index contributed by atoms with van der Waals surface area (Å²) in [4.78, 5) is 23.6. The number of unbranched alkanes of at least 4 members (excludes halogenated alkanes) is 1. The van der Waals surface area contributed by atoms with Crippen molar-refractivity contribution in [2.75, 3.05) is 11.1 Å². The minimum Gasteiger partial charge on any atom is -0.332 e. The third kappa shape index (κ3) is 4.53. The maximum Gasteiger partial charge on any atom is 0.315 e. The molecule has 3 rings (SSSR count). The van der Waals surface area contributed by atoms with Gasteiger partial charge in [0.15, 0.2) is 0 Å². The Morgan fingerprint density at radius 3 is 2.85 bits per heavy atom. The molecule has 2 saturated heterocycles. The van der Waals surface area contributed by atoms with Gasteiger partial charge in [-0.15, -0.1) is 0 Å². The number of rotatable bonds is 7. The maximum atomic E-state index is 12.2. The molecule has 6 heteroatoms. The monoisotopic (exact) mass is 375 g/mol. The molecule has 3 amide bonds. The summed E-state index contributed by atoms with van der Waals surface area (Å²) in [5, 5.41) is 9.45. The highest BCUT2D eigenvalue weighted by atomic mass is 32.2. The van der Waals surface area contributed by atoms with E-state index in [-0.39, 0.29) is 24.0 Å². The molecule has 2 aliphatic rings. The summed E-state index contributed by atoms with van der Waals surface area (Å²) < 4.78 is 0. The van der Waals surface area contributed by atoms with Crippen LogP contribution in [-0.4, -0.2) is 35.0 Å². The molecule has 1 aromatic rings. The second-order valence-corrected chi connectivity index (χ2v) is 8.91. The summed E-state index contributed by atoms with van der Waals surface area (Å²) in [6, 6.07) is 6.64. The number of hydrogen-bond acceptors (Lipinski definition) is 3. The molecular weight excluding hydrogens is 346 g/mol. The lowest BCUT2D eigenvalue weighted by molar-refractivity contribution is -0.116. The van der Waals surface area contributed by atoms with Crippen molar-refractivity contribution in [2.45, 2.75) is 69.7 Å². The lowest BCUT2D eigenvalue weighted by Crippen LogP contribution is -2.36. The van der Waals surface area contributed by atoms with E-state index in [4.69, 9.17) is 0 Å². The maximum absolute atomic E-state index is 12.2. The minimum absolute atomic E-state index is 0.0385. The molecule has 2 heterocycles. The van der Waals surface area contributed by atoms with Crippen LogP contribution in [0.2, 0.25) is 0 Å². The number of nitrogens with one attached hydrogen (secondary N) is 3. The highest BCUT2D eigenvalue weighted by Gasteiger charge is 2.42. The SMILES string of the molecule is Cc1cc(NC(=O)CCCCC2SCC3NC(=O)NC32)ccc1C(C)C. The third-order valence-corrected chi connectivity index (χ3v) is 6.76. The van der Waals surface area contributed by atoms with E-state index in [1.54, 1.807) is 0 Å². The molecule has 0 spiro atoms. The Kier molecular flexibility index (Phi) is 6.12. The van der Waals surface area contributed by atoms with Crippen LogP contribution in [0, 0.1) is 6.92 Å². The van der Waals surface area contributed by atoms with Gasteiger partial charge in [0, 0.05) is 23.1 Å². The van der Waals surface area contributed by atoms with Crippen LogP contribution in [-0.2, 0) is 4.79 Å². The number of hydrogen-bond donors (Lipinski definition) is 3. The molecule has 3 N–H and O–H groups in total. The quantitative estimate of drug-likeness (QED) is 0.502. The second kappa shape index (κ2) is 8.33. The van der Waals surface area contributed by atoms with Crippen molar-refractivity contribution in [1.29, 1.82) is 0 Å². The predicted molar refractivity (Wildman–Crippen MR) is 108 cm³/mol. The molecule has 3 unspecified atom stereocenters. The number of benzene rings is 1. The van der Waals surface area contributed by atoms with Crippen LogP contribution in [0.3, 0.4) is 0 Å². The van der Waals surface area contributed by atoms with Crippen LogP contribution < -0.4 is 16.0 Å². The summed E-state index contributed by atoms with van der Waals surface area (Å²) in [5.74, 6) is 1.56. The number of anilines is 1. The Balaban J connectivity index is 1.38. The van der Waals surface area contributed by atoms with E-state index in [0.717, 1.165) is 30.7 Å². The van der Waals surface area contributed by atoms with Gasteiger partial charge in [-0.25, -0.2) is 4.79 Å². The average Bonchev–Trinajstić information content (AvgIpc) is 3.11. The Morgan fingerprint density at radius 1 is 1.31 bits per heavy atom. The molecule has 3 atom stereocenters. The summed E-state index contributed by atoms with van der Waals surface area (Å²) in [7, 11) is 0. The summed E-state index contributed by atoms with van der Waals surface area (Å²) >= 11 is 1.93. The zero-order valence-corrected chi connectivity index (χ0v) is 16.6. The number of amides is 3. The standard InChI is InChI=1S/C20H29N3O2S/c1-12(2)15-9-8-14(10-13(15)3)21-18(24)7-5-4-6-17-19-16(11-26-17)22-20(25)23-19/h8-10,12,16-17,19H,4-7,11H2,1-3H3,(H,21,24)(H2,22,23,25). The van der Waals surface area contributed by atoms with Crippen molar-refractivity contribution in [3.05, 3.63) is 29.3 Å². The highest BCUT2D eigenvalue weighted by Crippen LogP contribution is 2.33. The van der Waals surface area contributed by atoms with Crippen molar-refractivity contribution in [2.24, 2.45) is 0 Å². The molecule has 142 valence electrons. The van der Waals surface area contributed by atoms with E-state index in [1.165, 1.54) is 11.1 Å². The van der Waals surface area contributed by atoms with Gasteiger partial charge >= 0.3 is 6.03 Å². The average molecular weight is 376 g/mol. The Hall–Kier alpha value is -1.69. The van der Waals surface area contributed by atoms with Crippen molar-refractivity contribution in [3.63, 3.8) is 0 Å². The first-order valence-corrected chi connectivity index (χ1v) is 10.6. The van der Waals surface area contributed by atoms with Crippen LogP contribution in [0.4, 0.5) is 10.5 Å². The van der Waals surface area contributed by atoms with Crippen LogP contribution >= 0.6 is 11.8 Å². The van der Waals surface area contributed by atoms with E-state index in [9.17, 15) is 9.59 Å². The van der Waals surface area contributed by atoms with Gasteiger partial charge in [0.2, 0.25) is 5.91 Å². The topological polar surface area (TPSA) is 70.2 Å². The lowest BCUT2D eigenvalue weighted by Gasteiger charge is -2.16. The lowest BCUT2D eigenvalue weighted by atomic mass is 9.97. The van der Waals surface area contributed by atoms with Crippen LogP contribution in [0.15, 0.2) is 18.2 Å². The first-order chi connectivity index (χ1) is 12.4. The molecule has 0 saturated carbocycles. The van der Waals surface area contributed by atoms with Crippen LogP contribution in [0.5, 0.6) is 0 Å². The number of aryl methyl sites for hydroxylation is 1.